The fraction of sp³-hybridized carbons (Fsp3) is 0.429. The molecule has 1 amide bonds. The highest BCUT2D eigenvalue weighted by molar-refractivity contribution is 7.99. The predicted octanol–water partition coefficient (Wildman–Crippen LogP) is 3.44. The topological polar surface area (TPSA) is 42.0 Å². The molecule has 2 rings (SSSR count). The fourth-order valence-corrected chi connectivity index (χ4v) is 3.54. The minimum Gasteiger partial charge on any atom is -0.355 e. The van der Waals surface area contributed by atoms with Gasteiger partial charge in [0.2, 0.25) is 5.91 Å². The Hall–Kier alpha value is -1.07. The smallest absolute Gasteiger partial charge is 0.232 e. The van der Waals surface area contributed by atoms with E-state index in [2.05, 4.69) is 23.3 Å². The van der Waals surface area contributed by atoms with Crippen LogP contribution in [0.5, 0.6) is 0 Å². The van der Waals surface area contributed by atoms with Gasteiger partial charge in [-0.3, -0.25) is 4.79 Å². The number of hydrogen-bond acceptors (Lipinski definition) is 4. The zero-order valence-electron chi connectivity index (χ0n) is 11.2. The molecule has 0 saturated carbocycles. The van der Waals surface area contributed by atoms with Crippen molar-refractivity contribution in [3.05, 3.63) is 29.3 Å². The Kier molecular flexibility index (Phi) is 5.22. The first-order chi connectivity index (χ1) is 9.20. The SMILES string of the molecule is CCCNC(=O)C(C)SCc1nc2ccccc2s1. The summed E-state index contributed by atoms with van der Waals surface area (Å²) in [5, 5.41) is 3.97. The third-order valence-electron chi connectivity index (χ3n) is 2.71. The molecule has 1 aromatic carbocycles. The number of nitrogens with one attached hydrogen (secondary N) is 1. The largest absolute Gasteiger partial charge is 0.355 e. The van der Waals surface area contributed by atoms with Crippen LogP contribution in [-0.4, -0.2) is 22.7 Å². The molecule has 1 aromatic heterocycles. The zero-order chi connectivity index (χ0) is 13.7. The second kappa shape index (κ2) is 6.91. The summed E-state index contributed by atoms with van der Waals surface area (Å²) >= 11 is 3.34. The standard InChI is InChI=1S/C14H18N2OS2/c1-3-8-15-14(17)10(2)18-9-13-16-11-6-4-5-7-12(11)19-13/h4-7,10H,3,8-9H2,1-2H3,(H,15,17). The third kappa shape index (κ3) is 3.94. The van der Waals surface area contributed by atoms with Crippen molar-refractivity contribution in [1.82, 2.24) is 10.3 Å². The van der Waals surface area contributed by atoms with Gasteiger partial charge in [-0.25, -0.2) is 4.98 Å². The first-order valence-corrected chi connectivity index (χ1v) is 8.31. The van der Waals surface area contributed by atoms with E-state index in [-0.39, 0.29) is 11.2 Å². The minimum atomic E-state index is -0.0291. The second-order valence-corrected chi connectivity index (χ2v) is 6.76. The van der Waals surface area contributed by atoms with Crippen molar-refractivity contribution in [3.63, 3.8) is 0 Å². The van der Waals surface area contributed by atoms with Gasteiger partial charge < -0.3 is 5.32 Å². The molecule has 1 atom stereocenters. The number of benzene rings is 1. The Morgan fingerprint density at radius 3 is 3.00 bits per heavy atom. The number of para-hydroxylation sites is 1. The highest BCUT2D eigenvalue weighted by Crippen LogP contribution is 2.26. The van der Waals surface area contributed by atoms with Gasteiger partial charge in [0.15, 0.2) is 0 Å². The Bertz CT molecular complexity index is 520. The Morgan fingerprint density at radius 1 is 1.47 bits per heavy atom. The van der Waals surface area contributed by atoms with Crippen molar-refractivity contribution in [3.8, 4) is 0 Å². The van der Waals surface area contributed by atoms with Crippen LogP contribution in [0.2, 0.25) is 0 Å². The second-order valence-electron chi connectivity index (χ2n) is 4.32. The lowest BCUT2D eigenvalue weighted by Crippen LogP contribution is -2.31. The first kappa shape index (κ1) is 14.3. The number of fused-ring (bicyclic) bond motifs is 1. The lowest BCUT2D eigenvalue weighted by atomic mass is 10.3. The summed E-state index contributed by atoms with van der Waals surface area (Å²) < 4.78 is 1.21. The predicted molar refractivity (Wildman–Crippen MR) is 83.7 cm³/mol. The molecule has 1 N–H and O–H groups in total. The van der Waals surface area contributed by atoms with E-state index in [4.69, 9.17) is 0 Å². The van der Waals surface area contributed by atoms with Crippen molar-refractivity contribution in [2.24, 2.45) is 0 Å². The Morgan fingerprint density at radius 2 is 2.26 bits per heavy atom. The normalized spacial score (nSPS) is 12.5. The van der Waals surface area contributed by atoms with Crippen LogP contribution in [0.1, 0.15) is 25.3 Å². The Labute approximate surface area is 121 Å². The molecule has 0 bridgehead atoms. The summed E-state index contributed by atoms with van der Waals surface area (Å²) in [7, 11) is 0. The van der Waals surface area contributed by atoms with Gasteiger partial charge in [0.1, 0.15) is 5.01 Å². The number of thioether (sulfide) groups is 1. The fourth-order valence-electron chi connectivity index (χ4n) is 1.65. The summed E-state index contributed by atoms with van der Waals surface area (Å²) in [6, 6.07) is 8.13. The van der Waals surface area contributed by atoms with Crippen LogP contribution in [0.4, 0.5) is 0 Å². The first-order valence-electron chi connectivity index (χ1n) is 6.44. The Balaban J connectivity index is 1.89. The average molecular weight is 294 g/mol. The number of hydrogen-bond donors (Lipinski definition) is 1. The van der Waals surface area contributed by atoms with E-state index in [1.165, 1.54) is 4.70 Å². The molecule has 0 aliphatic rings. The van der Waals surface area contributed by atoms with Crippen LogP contribution in [0, 0.1) is 0 Å². The lowest BCUT2D eigenvalue weighted by molar-refractivity contribution is -0.120. The van der Waals surface area contributed by atoms with Gasteiger partial charge in [-0.2, -0.15) is 0 Å². The van der Waals surface area contributed by atoms with Gasteiger partial charge in [-0.15, -0.1) is 23.1 Å². The summed E-state index contributed by atoms with van der Waals surface area (Å²) in [5.74, 6) is 0.910. The number of rotatable bonds is 6. The molecule has 1 heterocycles. The van der Waals surface area contributed by atoms with Crippen molar-refractivity contribution in [2.45, 2.75) is 31.3 Å². The highest BCUT2D eigenvalue weighted by Gasteiger charge is 2.13. The quantitative estimate of drug-likeness (QED) is 0.887. The molecule has 0 radical (unpaired) electrons. The summed E-state index contributed by atoms with van der Waals surface area (Å²) in [6.45, 7) is 4.76. The van der Waals surface area contributed by atoms with E-state index in [9.17, 15) is 4.79 Å². The molecule has 2 aromatic rings. The van der Waals surface area contributed by atoms with E-state index in [1.54, 1.807) is 23.1 Å². The number of carbonyl (C=O) groups excluding carboxylic acids is 1. The minimum absolute atomic E-state index is 0.0291. The maximum atomic E-state index is 11.7. The van der Waals surface area contributed by atoms with Crippen molar-refractivity contribution < 1.29 is 4.79 Å². The molecule has 19 heavy (non-hydrogen) atoms. The molecule has 102 valence electrons. The van der Waals surface area contributed by atoms with Gasteiger partial charge in [0, 0.05) is 12.3 Å². The van der Waals surface area contributed by atoms with Gasteiger partial charge >= 0.3 is 0 Å². The number of nitrogens with zero attached hydrogens (tertiary/aromatic N) is 1. The molecule has 3 nitrogen and oxygen atoms in total. The number of carbonyl (C=O) groups is 1. The molecule has 0 aliphatic heterocycles. The van der Waals surface area contributed by atoms with Gasteiger partial charge in [0.25, 0.3) is 0 Å². The monoisotopic (exact) mass is 294 g/mol. The molecular formula is C14H18N2OS2. The van der Waals surface area contributed by atoms with Crippen LogP contribution in [0.25, 0.3) is 10.2 Å². The van der Waals surface area contributed by atoms with E-state index < -0.39 is 0 Å². The van der Waals surface area contributed by atoms with Crippen molar-refractivity contribution >= 4 is 39.2 Å². The van der Waals surface area contributed by atoms with E-state index in [0.717, 1.165) is 29.2 Å². The van der Waals surface area contributed by atoms with Crippen LogP contribution < -0.4 is 5.32 Å². The number of thiazole rings is 1. The van der Waals surface area contributed by atoms with Gasteiger partial charge in [0.05, 0.1) is 15.5 Å². The summed E-state index contributed by atoms with van der Waals surface area (Å²) in [5.41, 5.74) is 1.05. The van der Waals surface area contributed by atoms with Crippen LogP contribution in [-0.2, 0) is 10.5 Å². The zero-order valence-corrected chi connectivity index (χ0v) is 12.8. The van der Waals surface area contributed by atoms with E-state index in [1.807, 2.05) is 25.1 Å². The maximum absolute atomic E-state index is 11.7. The van der Waals surface area contributed by atoms with Crippen LogP contribution in [0.3, 0.4) is 0 Å². The molecule has 0 fully saturated rings. The lowest BCUT2D eigenvalue weighted by Gasteiger charge is -2.10. The van der Waals surface area contributed by atoms with Gasteiger partial charge in [-0.05, 0) is 25.5 Å². The molecule has 0 spiro atoms. The highest BCUT2D eigenvalue weighted by atomic mass is 32.2. The van der Waals surface area contributed by atoms with Crippen LogP contribution in [0.15, 0.2) is 24.3 Å². The third-order valence-corrected chi connectivity index (χ3v) is 5.09. The molecule has 0 saturated heterocycles. The number of aromatic nitrogens is 1. The number of amides is 1. The molecule has 1 unspecified atom stereocenters. The van der Waals surface area contributed by atoms with Gasteiger partial charge in [-0.1, -0.05) is 19.1 Å². The molecule has 5 heteroatoms. The summed E-state index contributed by atoms with van der Waals surface area (Å²) in [4.78, 5) is 16.3. The summed E-state index contributed by atoms with van der Waals surface area (Å²) in [6.07, 6.45) is 0.973. The molecular weight excluding hydrogens is 276 g/mol. The average Bonchev–Trinajstić information content (AvgIpc) is 2.84. The van der Waals surface area contributed by atoms with Crippen molar-refractivity contribution in [1.29, 1.82) is 0 Å². The van der Waals surface area contributed by atoms with E-state index in [0.29, 0.717) is 0 Å². The molecule has 0 aliphatic carbocycles. The van der Waals surface area contributed by atoms with Crippen LogP contribution >= 0.6 is 23.1 Å². The van der Waals surface area contributed by atoms with Crippen molar-refractivity contribution in [2.75, 3.05) is 6.54 Å². The van der Waals surface area contributed by atoms with E-state index >= 15 is 0 Å². The maximum Gasteiger partial charge on any atom is 0.232 e.